The lowest BCUT2D eigenvalue weighted by molar-refractivity contribution is -0.150. The van der Waals surface area contributed by atoms with Crippen molar-refractivity contribution in [2.45, 2.75) is 46.3 Å². The zero-order chi connectivity index (χ0) is 21.6. The second-order valence-corrected chi connectivity index (χ2v) is 7.30. The van der Waals surface area contributed by atoms with Crippen LogP contribution in [0.2, 0.25) is 0 Å². The van der Waals surface area contributed by atoms with E-state index in [0.717, 1.165) is 33.4 Å². The third-order valence-corrected chi connectivity index (χ3v) is 5.47. The van der Waals surface area contributed by atoms with E-state index in [1.807, 2.05) is 27.7 Å². The summed E-state index contributed by atoms with van der Waals surface area (Å²) in [5, 5.41) is 0. The molecule has 0 atom stereocenters. The quantitative estimate of drug-likeness (QED) is 0.504. The molecule has 0 fully saturated rings. The van der Waals surface area contributed by atoms with Gasteiger partial charge in [-0.1, -0.05) is 36.4 Å². The van der Waals surface area contributed by atoms with Crippen LogP contribution < -0.4 is 0 Å². The van der Waals surface area contributed by atoms with E-state index in [9.17, 15) is 4.79 Å². The minimum absolute atomic E-state index is 0.235. The maximum atomic E-state index is 13.5. The standard InChI is InChI=1S/C25H32O5/c1-5-27-15-18-9-11-20-21-12-10-19(16-28-6-2)14-23(21)25(17-29-7-3,22(20)13-18)24(26)30-8-4/h9-14H,5-8,15-17H2,1-4H3. The fourth-order valence-electron chi connectivity index (χ4n) is 4.07. The molecule has 0 N–H and O–H groups in total. The second kappa shape index (κ2) is 10.2. The number of fused-ring (bicyclic) bond motifs is 3. The average Bonchev–Trinajstić information content (AvgIpc) is 3.04. The Morgan fingerprint density at radius 2 is 1.23 bits per heavy atom. The van der Waals surface area contributed by atoms with Gasteiger partial charge in [-0.15, -0.1) is 0 Å². The summed E-state index contributed by atoms with van der Waals surface area (Å²) in [6.07, 6.45) is 0. The van der Waals surface area contributed by atoms with Gasteiger partial charge in [0, 0.05) is 19.8 Å². The first-order valence-corrected chi connectivity index (χ1v) is 10.8. The summed E-state index contributed by atoms with van der Waals surface area (Å²) in [5.41, 5.74) is 5.00. The van der Waals surface area contributed by atoms with Gasteiger partial charge in [0.2, 0.25) is 0 Å². The van der Waals surface area contributed by atoms with Gasteiger partial charge >= 0.3 is 5.97 Å². The van der Waals surface area contributed by atoms with Crippen LogP contribution in [0.25, 0.3) is 11.1 Å². The van der Waals surface area contributed by atoms with Crippen molar-refractivity contribution in [3.05, 3.63) is 58.7 Å². The van der Waals surface area contributed by atoms with Gasteiger partial charge in [0.25, 0.3) is 0 Å². The predicted octanol–water partition coefficient (Wildman–Crippen LogP) is 4.63. The molecule has 0 bridgehead atoms. The lowest BCUT2D eigenvalue weighted by Crippen LogP contribution is -2.41. The molecule has 5 nitrogen and oxygen atoms in total. The van der Waals surface area contributed by atoms with E-state index in [1.165, 1.54) is 0 Å². The van der Waals surface area contributed by atoms with Crippen molar-refractivity contribution in [3.8, 4) is 11.1 Å². The molecule has 0 heterocycles. The Hall–Kier alpha value is -2.21. The molecule has 0 saturated heterocycles. The van der Waals surface area contributed by atoms with Crippen LogP contribution in [0.15, 0.2) is 36.4 Å². The van der Waals surface area contributed by atoms with Gasteiger partial charge in [-0.2, -0.15) is 0 Å². The van der Waals surface area contributed by atoms with Crippen LogP contribution in [-0.2, 0) is 42.4 Å². The highest BCUT2D eigenvalue weighted by Crippen LogP contribution is 2.50. The summed E-state index contributed by atoms with van der Waals surface area (Å²) in [5.74, 6) is -0.277. The Balaban J connectivity index is 2.19. The lowest BCUT2D eigenvalue weighted by atomic mass is 9.78. The monoisotopic (exact) mass is 412 g/mol. The SMILES string of the molecule is CCOCc1ccc2c(c1)C(COCC)(C(=O)OCC)c1cc(COCC)ccc1-2. The molecule has 30 heavy (non-hydrogen) atoms. The number of rotatable bonds is 11. The van der Waals surface area contributed by atoms with Crippen molar-refractivity contribution < 1.29 is 23.7 Å². The molecule has 2 aromatic rings. The first kappa shape index (κ1) is 22.5. The highest BCUT2D eigenvalue weighted by atomic mass is 16.5. The van der Waals surface area contributed by atoms with Gasteiger partial charge in [-0.05, 0) is 61.1 Å². The number of carbonyl (C=O) groups excluding carboxylic acids is 1. The molecule has 1 aliphatic carbocycles. The summed E-state index contributed by atoms with van der Waals surface area (Å²) >= 11 is 0. The minimum Gasteiger partial charge on any atom is -0.465 e. The van der Waals surface area contributed by atoms with Crippen LogP contribution in [0.5, 0.6) is 0 Å². The van der Waals surface area contributed by atoms with E-state index in [4.69, 9.17) is 18.9 Å². The Kier molecular flexibility index (Phi) is 7.64. The summed E-state index contributed by atoms with van der Waals surface area (Å²) in [6.45, 7) is 11.1. The van der Waals surface area contributed by atoms with Crippen molar-refractivity contribution >= 4 is 5.97 Å². The van der Waals surface area contributed by atoms with Gasteiger partial charge in [0.05, 0.1) is 26.4 Å². The first-order chi connectivity index (χ1) is 14.6. The van der Waals surface area contributed by atoms with Crippen LogP contribution in [-0.4, -0.2) is 39.0 Å². The average molecular weight is 413 g/mol. The van der Waals surface area contributed by atoms with Gasteiger partial charge in [-0.25, -0.2) is 0 Å². The summed E-state index contributed by atoms with van der Waals surface area (Å²) < 4.78 is 22.7. The van der Waals surface area contributed by atoms with Crippen molar-refractivity contribution in [3.63, 3.8) is 0 Å². The van der Waals surface area contributed by atoms with Crippen molar-refractivity contribution in [2.24, 2.45) is 0 Å². The lowest BCUT2D eigenvalue weighted by Gasteiger charge is -2.29. The number of esters is 1. The van der Waals surface area contributed by atoms with E-state index in [0.29, 0.717) is 39.6 Å². The molecule has 0 radical (unpaired) electrons. The third kappa shape index (κ3) is 4.15. The number of benzene rings is 2. The maximum absolute atomic E-state index is 13.5. The maximum Gasteiger partial charge on any atom is 0.323 e. The smallest absolute Gasteiger partial charge is 0.323 e. The summed E-state index contributed by atoms with van der Waals surface area (Å²) in [6, 6.07) is 12.4. The molecule has 0 unspecified atom stereocenters. The fourth-order valence-corrected chi connectivity index (χ4v) is 4.07. The third-order valence-electron chi connectivity index (χ3n) is 5.47. The predicted molar refractivity (Wildman–Crippen MR) is 116 cm³/mol. The van der Waals surface area contributed by atoms with Gasteiger partial charge in [0.15, 0.2) is 0 Å². The number of carbonyl (C=O) groups is 1. The molecule has 0 spiro atoms. The van der Waals surface area contributed by atoms with Crippen LogP contribution >= 0.6 is 0 Å². The van der Waals surface area contributed by atoms with Crippen LogP contribution in [0.1, 0.15) is 49.9 Å². The highest BCUT2D eigenvalue weighted by Gasteiger charge is 2.51. The Bertz CT molecular complexity index is 816. The zero-order valence-electron chi connectivity index (χ0n) is 18.5. The topological polar surface area (TPSA) is 54.0 Å². The van der Waals surface area contributed by atoms with Crippen molar-refractivity contribution in [1.82, 2.24) is 0 Å². The van der Waals surface area contributed by atoms with E-state index in [-0.39, 0.29) is 12.6 Å². The van der Waals surface area contributed by atoms with E-state index in [2.05, 4.69) is 36.4 Å². The second-order valence-electron chi connectivity index (χ2n) is 7.30. The van der Waals surface area contributed by atoms with Gasteiger partial charge < -0.3 is 18.9 Å². The molecular formula is C25H32O5. The molecule has 0 saturated carbocycles. The van der Waals surface area contributed by atoms with Crippen molar-refractivity contribution in [2.75, 3.05) is 33.0 Å². The molecule has 1 aliphatic rings. The van der Waals surface area contributed by atoms with E-state index >= 15 is 0 Å². The zero-order valence-corrected chi connectivity index (χ0v) is 18.5. The molecule has 5 heteroatoms. The molecule has 3 rings (SSSR count). The Morgan fingerprint density at radius 1 is 0.733 bits per heavy atom. The van der Waals surface area contributed by atoms with E-state index in [1.54, 1.807) is 0 Å². The minimum atomic E-state index is -0.999. The van der Waals surface area contributed by atoms with Crippen LogP contribution in [0, 0.1) is 0 Å². The summed E-state index contributed by atoms with van der Waals surface area (Å²) in [7, 11) is 0. The molecule has 0 aliphatic heterocycles. The fraction of sp³-hybridized carbons (Fsp3) is 0.480. The number of hydrogen-bond donors (Lipinski definition) is 0. The van der Waals surface area contributed by atoms with Crippen LogP contribution in [0.3, 0.4) is 0 Å². The Labute approximate surface area is 179 Å². The summed E-state index contributed by atoms with van der Waals surface area (Å²) in [4.78, 5) is 13.5. The molecule has 0 amide bonds. The molecule has 2 aromatic carbocycles. The van der Waals surface area contributed by atoms with E-state index < -0.39 is 5.41 Å². The first-order valence-electron chi connectivity index (χ1n) is 10.8. The normalized spacial score (nSPS) is 13.7. The largest absolute Gasteiger partial charge is 0.465 e. The van der Waals surface area contributed by atoms with Crippen LogP contribution in [0.4, 0.5) is 0 Å². The molecule has 162 valence electrons. The van der Waals surface area contributed by atoms with Gasteiger partial charge in [-0.3, -0.25) is 4.79 Å². The highest BCUT2D eigenvalue weighted by molar-refractivity contribution is 5.98. The van der Waals surface area contributed by atoms with Gasteiger partial charge in [0.1, 0.15) is 5.41 Å². The Morgan fingerprint density at radius 3 is 1.67 bits per heavy atom. The van der Waals surface area contributed by atoms with Crippen molar-refractivity contribution in [1.29, 1.82) is 0 Å². The molecule has 0 aromatic heterocycles. The number of hydrogen-bond acceptors (Lipinski definition) is 5. The number of ether oxygens (including phenoxy) is 4. The molecular weight excluding hydrogens is 380 g/mol.